The number of fused-ring (bicyclic) bond motifs is 1. The van der Waals surface area contributed by atoms with E-state index in [4.69, 9.17) is 16.7 Å². The van der Waals surface area contributed by atoms with Gasteiger partial charge in [0.25, 0.3) is 0 Å². The van der Waals surface area contributed by atoms with Crippen molar-refractivity contribution in [3.63, 3.8) is 0 Å². The molecular formula is C21H22ClN3O2. The van der Waals surface area contributed by atoms with Gasteiger partial charge < -0.3 is 10.0 Å². The number of piperidine rings is 1. The quantitative estimate of drug-likeness (QED) is 0.885. The average Bonchev–Trinajstić information content (AvgIpc) is 2.99. The highest BCUT2D eigenvalue weighted by molar-refractivity contribution is 6.30. The van der Waals surface area contributed by atoms with Gasteiger partial charge in [-0.05, 0) is 62.4 Å². The molecule has 1 aliphatic carbocycles. The van der Waals surface area contributed by atoms with Crippen LogP contribution in [0.1, 0.15) is 32.1 Å². The number of allylic oxidation sites excluding steroid dienone is 2. The number of aromatic nitrogens is 2. The Labute approximate surface area is 162 Å². The lowest BCUT2D eigenvalue weighted by Gasteiger charge is -2.33. The minimum Gasteiger partial charge on any atom is -0.480 e. The van der Waals surface area contributed by atoms with Crippen LogP contribution in [0, 0.1) is 0 Å². The Morgan fingerprint density at radius 3 is 2.78 bits per heavy atom. The summed E-state index contributed by atoms with van der Waals surface area (Å²) < 4.78 is 1.91. The summed E-state index contributed by atoms with van der Waals surface area (Å²) in [6, 6.07) is 7.04. The number of benzene rings is 1. The summed E-state index contributed by atoms with van der Waals surface area (Å²) >= 11 is 6.04. The normalized spacial score (nSPS) is 19.4. The number of carboxylic acid groups (broad SMARTS) is 1. The first-order chi connectivity index (χ1) is 13.1. The van der Waals surface area contributed by atoms with Crippen molar-refractivity contribution in [1.29, 1.82) is 0 Å². The molecule has 6 heteroatoms. The van der Waals surface area contributed by atoms with Crippen LogP contribution in [-0.4, -0.2) is 33.4 Å². The Kier molecular flexibility index (Phi) is 5.03. The molecule has 140 valence electrons. The second-order valence-electron chi connectivity index (χ2n) is 6.93. The number of hydrogen-bond acceptors (Lipinski definition) is 3. The zero-order chi connectivity index (χ0) is 18.8. The predicted octanol–water partition coefficient (Wildman–Crippen LogP) is 2.88. The monoisotopic (exact) mass is 383 g/mol. The molecule has 4 rings (SSSR count). The van der Waals surface area contributed by atoms with Gasteiger partial charge in [-0.2, -0.15) is 0 Å². The summed E-state index contributed by atoms with van der Waals surface area (Å²) in [7, 11) is 0. The van der Waals surface area contributed by atoms with E-state index in [0.29, 0.717) is 18.0 Å². The van der Waals surface area contributed by atoms with Crippen LogP contribution in [0.2, 0.25) is 5.02 Å². The Balaban J connectivity index is 1.93. The summed E-state index contributed by atoms with van der Waals surface area (Å²) in [5.41, 5.74) is 0.917. The summed E-state index contributed by atoms with van der Waals surface area (Å²) in [6.45, 7) is 0.707. The topological polar surface area (TPSA) is 58.4 Å². The van der Waals surface area contributed by atoms with Gasteiger partial charge in [-0.3, -0.25) is 0 Å². The van der Waals surface area contributed by atoms with Gasteiger partial charge >= 0.3 is 5.97 Å². The Morgan fingerprint density at radius 1 is 1.19 bits per heavy atom. The van der Waals surface area contributed by atoms with Crippen molar-refractivity contribution in [3.8, 4) is 5.69 Å². The van der Waals surface area contributed by atoms with Crippen LogP contribution in [0.4, 0.5) is 5.82 Å². The number of halogens is 1. The molecular weight excluding hydrogens is 362 g/mol. The highest BCUT2D eigenvalue weighted by atomic mass is 35.5. The third kappa shape index (κ3) is 3.52. The summed E-state index contributed by atoms with van der Waals surface area (Å²) in [5, 5.41) is 17.2. The lowest BCUT2D eigenvalue weighted by atomic mass is 10.0. The molecule has 1 aromatic heterocycles. The molecule has 1 aliphatic heterocycles. The zero-order valence-corrected chi connectivity index (χ0v) is 15.8. The van der Waals surface area contributed by atoms with E-state index in [1.54, 1.807) is 0 Å². The zero-order valence-electron chi connectivity index (χ0n) is 15.0. The predicted molar refractivity (Wildman–Crippen MR) is 108 cm³/mol. The minimum atomic E-state index is -0.783. The van der Waals surface area contributed by atoms with Crippen molar-refractivity contribution in [3.05, 3.63) is 52.0 Å². The van der Waals surface area contributed by atoms with Crippen LogP contribution in [-0.2, 0) is 4.79 Å². The number of carboxylic acids is 1. The highest BCUT2D eigenvalue weighted by Gasteiger charge is 2.31. The van der Waals surface area contributed by atoms with Crippen molar-refractivity contribution >= 4 is 35.5 Å². The lowest BCUT2D eigenvalue weighted by Crippen LogP contribution is -2.47. The van der Waals surface area contributed by atoms with Crippen molar-refractivity contribution in [1.82, 2.24) is 9.78 Å². The molecule has 0 bridgehead atoms. The molecule has 1 atom stereocenters. The number of anilines is 1. The van der Waals surface area contributed by atoms with E-state index in [0.717, 1.165) is 47.8 Å². The summed E-state index contributed by atoms with van der Waals surface area (Å²) in [4.78, 5) is 13.8. The molecule has 1 aromatic carbocycles. The van der Waals surface area contributed by atoms with E-state index in [9.17, 15) is 9.90 Å². The molecule has 1 fully saturated rings. The lowest BCUT2D eigenvalue weighted by molar-refractivity contribution is -0.139. The van der Waals surface area contributed by atoms with Crippen molar-refractivity contribution in [2.24, 2.45) is 0 Å². The molecule has 5 nitrogen and oxygen atoms in total. The van der Waals surface area contributed by atoms with Gasteiger partial charge in [-0.15, -0.1) is 5.10 Å². The standard InChI is InChI=1S/C21H22ClN3O2/c22-15-10-12-16(13-11-15)25-18-8-4-2-1-3-7-17(18)20(23-25)24-14-6-5-9-19(24)21(26)27/h1,3,7-8,10-13,19H,2,4-6,9,14H2,(H,26,27). The number of carbonyl (C=O) groups is 1. The second-order valence-corrected chi connectivity index (χ2v) is 7.37. The fourth-order valence-corrected chi connectivity index (χ4v) is 3.92. The molecule has 2 aromatic rings. The number of hydrogen-bond donors (Lipinski definition) is 1. The third-order valence-corrected chi connectivity index (χ3v) is 5.39. The van der Waals surface area contributed by atoms with Crippen LogP contribution in [0.3, 0.4) is 0 Å². The largest absolute Gasteiger partial charge is 0.480 e. The first-order valence-electron chi connectivity index (χ1n) is 9.36. The van der Waals surface area contributed by atoms with Crippen molar-refractivity contribution in [2.45, 2.75) is 38.1 Å². The summed E-state index contributed by atoms with van der Waals surface area (Å²) in [6.07, 6.45) is 12.9. The van der Waals surface area contributed by atoms with Gasteiger partial charge in [0.1, 0.15) is 6.04 Å². The smallest absolute Gasteiger partial charge is 0.326 e. The first-order valence-corrected chi connectivity index (χ1v) is 9.74. The van der Waals surface area contributed by atoms with E-state index < -0.39 is 12.0 Å². The van der Waals surface area contributed by atoms with E-state index >= 15 is 0 Å². The van der Waals surface area contributed by atoms with Crippen LogP contribution in [0.15, 0.2) is 36.4 Å². The van der Waals surface area contributed by atoms with E-state index in [2.05, 4.69) is 12.2 Å². The molecule has 1 unspecified atom stereocenters. The number of nitrogens with zero attached hydrogens (tertiary/aromatic N) is 3. The molecule has 1 saturated heterocycles. The molecule has 0 spiro atoms. The van der Waals surface area contributed by atoms with Gasteiger partial charge in [-0.1, -0.05) is 29.8 Å². The van der Waals surface area contributed by atoms with E-state index in [1.807, 2.05) is 46.0 Å². The molecule has 0 amide bonds. The third-order valence-electron chi connectivity index (χ3n) is 5.14. The van der Waals surface area contributed by atoms with Gasteiger partial charge in [0.15, 0.2) is 5.82 Å². The van der Waals surface area contributed by atoms with E-state index in [1.165, 1.54) is 0 Å². The molecule has 1 N–H and O–H groups in total. The second kappa shape index (κ2) is 7.61. The van der Waals surface area contributed by atoms with Crippen LogP contribution < -0.4 is 15.5 Å². The SMILES string of the molecule is O=C(O)C1CCCCN1c1nn(-c2ccc(Cl)cc2)c2c1=CC=CCCC=2. The Hall–Kier alpha value is -2.53. The van der Waals surface area contributed by atoms with Crippen LogP contribution in [0.25, 0.3) is 17.8 Å². The fraction of sp³-hybridized carbons (Fsp3) is 0.333. The number of aliphatic carboxylic acids is 1. The first kappa shape index (κ1) is 17.9. The van der Waals surface area contributed by atoms with Gasteiger partial charge in [0.2, 0.25) is 0 Å². The van der Waals surface area contributed by atoms with Gasteiger partial charge in [0.05, 0.1) is 11.0 Å². The molecule has 0 saturated carbocycles. The Bertz CT molecular complexity index is 992. The maximum absolute atomic E-state index is 11.8. The van der Waals surface area contributed by atoms with Crippen molar-refractivity contribution in [2.75, 3.05) is 11.4 Å². The number of rotatable bonds is 3. The average molecular weight is 384 g/mol. The molecule has 27 heavy (non-hydrogen) atoms. The highest BCUT2D eigenvalue weighted by Crippen LogP contribution is 2.22. The van der Waals surface area contributed by atoms with Gasteiger partial charge in [-0.25, -0.2) is 9.48 Å². The molecule has 0 radical (unpaired) electrons. The minimum absolute atomic E-state index is 0.528. The maximum Gasteiger partial charge on any atom is 0.326 e. The van der Waals surface area contributed by atoms with E-state index in [-0.39, 0.29) is 0 Å². The molecule has 2 heterocycles. The summed E-state index contributed by atoms with van der Waals surface area (Å²) in [5.74, 6) is -0.0373. The Morgan fingerprint density at radius 2 is 2.00 bits per heavy atom. The van der Waals surface area contributed by atoms with Gasteiger partial charge in [0, 0.05) is 16.8 Å². The van der Waals surface area contributed by atoms with Crippen LogP contribution >= 0.6 is 11.6 Å². The van der Waals surface area contributed by atoms with Crippen molar-refractivity contribution < 1.29 is 9.90 Å². The molecule has 2 aliphatic rings. The van der Waals surface area contributed by atoms with Crippen LogP contribution in [0.5, 0.6) is 0 Å². The fourth-order valence-electron chi connectivity index (χ4n) is 3.80. The maximum atomic E-state index is 11.8.